The summed E-state index contributed by atoms with van der Waals surface area (Å²) < 4.78 is 0. The van der Waals surface area contributed by atoms with Crippen LogP contribution in [0.5, 0.6) is 5.75 Å². The molecule has 0 radical (unpaired) electrons. The third-order valence-corrected chi connectivity index (χ3v) is 2.38. The van der Waals surface area contributed by atoms with Crippen LogP contribution in [0.1, 0.15) is 18.1 Å². The number of nitrogens with two attached hydrogens (primary N) is 1. The zero-order valence-electron chi connectivity index (χ0n) is 7.17. The fourth-order valence-corrected chi connectivity index (χ4v) is 1.88. The first-order valence-electron chi connectivity index (χ1n) is 4.16. The smallest absolute Gasteiger partial charge is 0.115 e. The first-order chi connectivity index (χ1) is 5.57. The van der Waals surface area contributed by atoms with Crippen LogP contribution in [0.25, 0.3) is 0 Å². The lowest BCUT2D eigenvalue weighted by Gasteiger charge is -2.15. The van der Waals surface area contributed by atoms with Gasteiger partial charge in [-0.25, -0.2) is 0 Å². The Hall–Kier alpha value is -1.02. The molecule has 0 spiro atoms. The number of hydrogen-bond acceptors (Lipinski definition) is 2. The summed E-state index contributed by atoms with van der Waals surface area (Å²) in [5.74, 6) is 0.339. The molecule has 1 aromatic rings. The van der Waals surface area contributed by atoms with Crippen molar-refractivity contribution in [3.05, 3.63) is 29.3 Å². The number of rotatable bonds is 0. The second-order valence-electron chi connectivity index (χ2n) is 3.96. The van der Waals surface area contributed by atoms with Gasteiger partial charge in [-0.15, -0.1) is 0 Å². The number of fused-ring (bicyclic) bond motifs is 1. The predicted octanol–water partition coefficient (Wildman–Crippen LogP) is 1.21. The van der Waals surface area contributed by atoms with Gasteiger partial charge >= 0.3 is 0 Å². The van der Waals surface area contributed by atoms with Gasteiger partial charge in [0.1, 0.15) is 5.75 Å². The van der Waals surface area contributed by atoms with Crippen molar-refractivity contribution in [1.29, 1.82) is 0 Å². The fourth-order valence-electron chi connectivity index (χ4n) is 1.88. The van der Waals surface area contributed by atoms with Gasteiger partial charge in [0, 0.05) is 5.54 Å². The monoisotopic (exact) mass is 163 g/mol. The maximum Gasteiger partial charge on any atom is 0.115 e. The van der Waals surface area contributed by atoms with Gasteiger partial charge in [-0.05, 0) is 43.0 Å². The largest absolute Gasteiger partial charge is 0.508 e. The van der Waals surface area contributed by atoms with E-state index in [1.807, 2.05) is 19.1 Å². The lowest BCUT2D eigenvalue weighted by atomic mass is 10.0. The molecule has 1 unspecified atom stereocenters. The van der Waals surface area contributed by atoms with Crippen LogP contribution >= 0.6 is 0 Å². The van der Waals surface area contributed by atoms with Gasteiger partial charge in [0.15, 0.2) is 0 Å². The second kappa shape index (κ2) is 2.23. The maximum atomic E-state index is 9.23. The van der Waals surface area contributed by atoms with Gasteiger partial charge in [0.2, 0.25) is 0 Å². The van der Waals surface area contributed by atoms with Crippen molar-refractivity contribution < 1.29 is 5.11 Å². The molecule has 1 atom stereocenters. The average molecular weight is 163 g/mol. The molecule has 0 fully saturated rings. The fraction of sp³-hybridized carbons (Fsp3) is 0.400. The molecular weight excluding hydrogens is 150 g/mol. The van der Waals surface area contributed by atoms with Crippen molar-refractivity contribution in [2.75, 3.05) is 0 Å². The lowest BCUT2D eigenvalue weighted by Crippen LogP contribution is -2.36. The molecule has 0 heterocycles. The third-order valence-electron chi connectivity index (χ3n) is 2.38. The molecule has 3 N–H and O–H groups in total. The van der Waals surface area contributed by atoms with Crippen molar-refractivity contribution in [1.82, 2.24) is 0 Å². The van der Waals surface area contributed by atoms with Crippen molar-refractivity contribution in [3.63, 3.8) is 0 Å². The maximum absolute atomic E-state index is 9.23. The van der Waals surface area contributed by atoms with Gasteiger partial charge in [0.05, 0.1) is 0 Å². The molecule has 0 saturated carbocycles. The van der Waals surface area contributed by atoms with E-state index in [-0.39, 0.29) is 5.54 Å². The predicted molar refractivity (Wildman–Crippen MR) is 48.1 cm³/mol. The van der Waals surface area contributed by atoms with Crippen molar-refractivity contribution >= 4 is 0 Å². The average Bonchev–Trinajstić information content (AvgIpc) is 2.21. The minimum atomic E-state index is -0.115. The summed E-state index contributed by atoms with van der Waals surface area (Å²) in [6, 6.07) is 5.50. The molecule has 2 rings (SSSR count). The number of phenolic OH excluding ortho intramolecular Hbond substituents is 1. The Balaban J connectivity index is 2.43. The molecule has 12 heavy (non-hydrogen) atoms. The quantitative estimate of drug-likeness (QED) is 0.604. The van der Waals surface area contributed by atoms with Crippen LogP contribution < -0.4 is 5.73 Å². The number of benzene rings is 1. The van der Waals surface area contributed by atoms with Crippen LogP contribution in [-0.4, -0.2) is 10.6 Å². The Kier molecular flexibility index (Phi) is 1.42. The van der Waals surface area contributed by atoms with Gasteiger partial charge in [-0.2, -0.15) is 0 Å². The van der Waals surface area contributed by atoms with Crippen molar-refractivity contribution in [2.45, 2.75) is 25.3 Å². The molecule has 0 amide bonds. The van der Waals surface area contributed by atoms with Crippen LogP contribution in [0.4, 0.5) is 0 Å². The first kappa shape index (κ1) is 7.62. The summed E-state index contributed by atoms with van der Waals surface area (Å²) >= 11 is 0. The van der Waals surface area contributed by atoms with Crippen LogP contribution in [-0.2, 0) is 12.8 Å². The molecule has 1 aliphatic rings. The highest BCUT2D eigenvalue weighted by atomic mass is 16.3. The van der Waals surface area contributed by atoms with E-state index in [1.165, 1.54) is 11.1 Å². The summed E-state index contributed by atoms with van der Waals surface area (Å²) in [7, 11) is 0. The SMILES string of the molecule is CC1(N)Cc2ccc(O)cc2C1. The summed E-state index contributed by atoms with van der Waals surface area (Å²) in [6.45, 7) is 2.05. The summed E-state index contributed by atoms with van der Waals surface area (Å²) in [6.07, 6.45) is 1.79. The molecule has 0 aliphatic heterocycles. The van der Waals surface area contributed by atoms with Crippen molar-refractivity contribution in [3.8, 4) is 5.75 Å². The molecular formula is C10H13NO. The topological polar surface area (TPSA) is 46.2 Å². The number of hydrogen-bond donors (Lipinski definition) is 2. The molecule has 0 aromatic heterocycles. The van der Waals surface area contributed by atoms with Crippen molar-refractivity contribution in [2.24, 2.45) is 5.73 Å². The molecule has 0 saturated heterocycles. The Labute approximate surface area is 72.0 Å². The van der Waals surface area contributed by atoms with E-state index in [0.717, 1.165) is 12.8 Å². The Morgan fingerprint density at radius 1 is 1.33 bits per heavy atom. The lowest BCUT2D eigenvalue weighted by molar-refractivity contribution is 0.474. The Morgan fingerprint density at radius 3 is 2.75 bits per heavy atom. The highest BCUT2D eigenvalue weighted by molar-refractivity contribution is 5.40. The zero-order chi connectivity index (χ0) is 8.77. The number of aromatic hydroxyl groups is 1. The summed E-state index contributed by atoms with van der Waals surface area (Å²) in [5.41, 5.74) is 8.35. The second-order valence-corrected chi connectivity index (χ2v) is 3.96. The van der Waals surface area contributed by atoms with Crippen LogP contribution in [0.15, 0.2) is 18.2 Å². The molecule has 1 aliphatic carbocycles. The van der Waals surface area contributed by atoms with E-state index in [1.54, 1.807) is 6.07 Å². The van der Waals surface area contributed by atoms with E-state index >= 15 is 0 Å². The van der Waals surface area contributed by atoms with Crippen LogP contribution in [0, 0.1) is 0 Å². The van der Waals surface area contributed by atoms with E-state index in [9.17, 15) is 5.11 Å². The van der Waals surface area contributed by atoms with E-state index in [2.05, 4.69) is 0 Å². The normalized spacial score (nSPS) is 27.2. The van der Waals surface area contributed by atoms with E-state index in [0.29, 0.717) is 5.75 Å². The minimum absolute atomic E-state index is 0.115. The third kappa shape index (κ3) is 1.18. The van der Waals surface area contributed by atoms with Gasteiger partial charge in [-0.3, -0.25) is 0 Å². The Bertz CT molecular complexity index is 318. The van der Waals surface area contributed by atoms with Crippen LogP contribution in [0.2, 0.25) is 0 Å². The standard InChI is InChI=1S/C10H13NO/c1-10(11)5-7-2-3-9(12)4-8(7)6-10/h2-4,12H,5-6,11H2,1H3. The Morgan fingerprint density at radius 2 is 2.00 bits per heavy atom. The summed E-state index contributed by atoms with van der Waals surface area (Å²) in [4.78, 5) is 0. The molecule has 64 valence electrons. The molecule has 2 heteroatoms. The molecule has 2 nitrogen and oxygen atoms in total. The highest BCUT2D eigenvalue weighted by Crippen LogP contribution is 2.30. The minimum Gasteiger partial charge on any atom is -0.508 e. The van der Waals surface area contributed by atoms with Gasteiger partial charge < -0.3 is 10.8 Å². The van der Waals surface area contributed by atoms with Gasteiger partial charge in [-0.1, -0.05) is 6.07 Å². The molecule has 0 bridgehead atoms. The van der Waals surface area contributed by atoms with Crippen LogP contribution in [0.3, 0.4) is 0 Å². The molecule has 1 aromatic carbocycles. The first-order valence-corrected chi connectivity index (χ1v) is 4.16. The highest BCUT2D eigenvalue weighted by Gasteiger charge is 2.28. The van der Waals surface area contributed by atoms with E-state index < -0.39 is 0 Å². The zero-order valence-corrected chi connectivity index (χ0v) is 7.17. The summed E-state index contributed by atoms with van der Waals surface area (Å²) in [5, 5.41) is 9.23. The number of phenols is 1. The van der Waals surface area contributed by atoms with E-state index in [4.69, 9.17) is 5.73 Å². The van der Waals surface area contributed by atoms with Gasteiger partial charge in [0.25, 0.3) is 0 Å².